The van der Waals surface area contributed by atoms with Crippen LogP contribution in [0.15, 0.2) is 5.38 Å². The van der Waals surface area contributed by atoms with Crippen LogP contribution in [0.1, 0.15) is 10.7 Å². The van der Waals surface area contributed by atoms with E-state index in [1.807, 2.05) is 6.92 Å². The molecule has 0 bridgehead atoms. The van der Waals surface area contributed by atoms with E-state index in [1.165, 1.54) is 0 Å². The van der Waals surface area contributed by atoms with Gasteiger partial charge in [-0.1, -0.05) is 0 Å². The Morgan fingerprint density at radius 2 is 2.69 bits per heavy atom. The van der Waals surface area contributed by atoms with Gasteiger partial charge in [0.25, 0.3) is 0 Å². The lowest BCUT2D eigenvalue weighted by molar-refractivity contribution is 0.0287. The molecule has 1 fully saturated rings. The summed E-state index contributed by atoms with van der Waals surface area (Å²) in [4.78, 5) is 4.42. The van der Waals surface area contributed by atoms with Crippen LogP contribution in [0.25, 0.3) is 0 Å². The number of nitrogens with one attached hydrogen (secondary N) is 1. The van der Waals surface area contributed by atoms with E-state index in [4.69, 9.17) is 4.74 Å². The summed E-state index contributed by atoms with van der Waals surface area (Å²) in [7, 11) is 0. The first kappa shape index (κ1) is 9.12. The molecule has 1 aliphatic heterocycles. The van der Waals surface area contributed by atoms with E-state index in [0.717, 1.165) is 36.8 Å². The van der Waals surface area contributed by atoms with Crippen LogP contribution in [0.4, 0.5) is 0 Å². The number of hydrogen-bond acceptors (Lipinski definition) is 4. The quantitative estimate of drug-likeness (QED) is 0.769. The van der Waals surface area contributed by atoms with Crippen molar-refractivity contribution in [2.45, 2.75) is 19.4 Å². The molecule has 1 unspecified atom stereocenters. The smallest absolute Gasteiger partial charge is 0.0897 e. The standard InChI is InChI=1S/C9H14N2OS/c1-7-11-8(6-13-7)4-9-5-10-2-3-12-9/h6,9-10H,2-5H2,1H3. The summed E-state index contributed by atoms with van der Waals surface area (Å²) < 4.78 is 5.59. The first-order valence-electron chi connectivity index (χ1n) is 4.58. The zero-order valence-electron chi connectivity index (χ0n) is 7.75. The summed E-state index contributed by atoms with van der Waals surface area (Å²) in [5.74, 6) is 0. The fourth-order valence-corrected chi connectivity index (χ4v) is 2.11. The Morgan fingerprint density at radius 3 is 3.31 bits per heavy atom. The lowest BCUT2D eigenvalue weighted by atomic mass is 10.2. The molecule has 0 spiro atoms. The topological polar surface area (TPSA) is 34.2 Å². The average molecular weight is 198 g/mol. The second kappa shape index (κ2) is 4.17. The van der Waals surface area contributed by atoms with E-state index in [1.54, 1.807) is 11.3 Å². The highest BCUT2D eigenvalue weighted by atomic mass is 32.1. The highest BCUT2D eigenvalue weighted by Gasteiger charge is 2.14. The summed E-state index contributed by atoms with van der Waals surface area (Å²) in [5, 5.41) is 6.57. The molecule has 0 aliphatic carbocycles. The largest absolute Gasteiger partial charge is 0.375 e. The zero-order chi connectivity index (χ0) is 9.10. The Balaban J connectivity index is 1.89. The van der Waals surface area contributed by atoms with Crippen molar-refractivity contribution < 1.29 is 4.74 Å². The average Bonchev–Trinajstić information content (AvgIpc) is 2.53. The van der Waals surface area contributed by atoms with Crippen LogP contribution >= 0.6 is 11.3 Å². The van der Waals surface area contributed by atoms with Crippen molar-refractivity contribution in [3.63, 3.8) is 0 Å². The third-order valence-corrected chi connectivity index (χ3v) is 2.93. The number of nitrogens with zero attached hydrogens (tertiary/aromatic N) is 1. The Bertz CT molecular complexity index is 268. The van der Waals surface area contributed by atoms with E-state index in [-0.39, 0.29) is 0 Å². The number of thiazole rings is 1. The molecular weight excluding hydrogens is 184 g/mol. The normalized spacial score (nSPS) is 23.3. The van der Waals surface area contributed by atoms with Crippen LogP contribution in [0.2, 0.25) is 0 Å². The summed E-state index contributed by atoms with van der Waals surface area (Å²) >= 11 is 1.71. The molecule has 1 aromatic rings. The first-order chi connectivity index (χ1) is 6.34. The summed E-state index contributed by atoms with van der Waals surface area (Å²) in [6.45, 7) is 4.80. The lowest BCUT2D eigenvalue weighted by Gasteiger charge is -2.22. The van der Waals surface area contributed by atoms with Crippen LogP contribution in [-0.4, -0.2) is 30.8 Å². The van der Waals surface area contributed by atoms with Gasteiger partial charge < -0.3 is 10.1 Å². The molecule has 13 heavy (non-hydrogen) atoms. The van der Waals surface area contributed by atoms with Gasteiger partial charge in [-0.15, -0.1) is 11.3 Å². The van der Waals surface area contributed by atoms with Gasteiger partial charge in [0.1, 0.15) is 0 Å². The number of aromatic nitrogens is 1. The molecule has 4 heteroatoms. The number of ether oxygens (including phenoxy) is 1. The van der Waals surface area contributed by atoms with Gasteiger partial charge in [-0.2, -0.15) is 0 Å². The van der Waals surface area contributed by atoms with Gasteiger partial charge in [-0.3, -0.25) is 0 Å². The van der Waals surface area contributed by atoms with E-state index in [9.17, 15) is 0 Å². The van der Waals surface area contributed by atoms with Crippen molar-refractivity contribution in [2.75, 3.05) is 19.7 Å². The minimum absolute atomic E-state index is 0.315. The second-order valence-corrected chi connectivity index (χ2v) is 4.32. The molecule has 1 aromatic heterocycles. The van der Waals surface area contributed by atoms with Crippen LogP contribution in [0.5, 0.6) is 0 Å². The summed E-state index contributed by atoms with van der Waals surface area (Å²) in [6.07, 6.45) is 1.26. The maximum absolute atomic E-state index is 5.59. The van der Waals surface area contributed by atoms with Crippen molar-refractivity contribution in [3.8, 4) is 0 Å². The van der Waals surface area contributed by atoms with Gasteiger partial charge in [-0.25, -0.2) is 4.98 Å². The van der Waals surface area contributed by atoms with E-state index in [2.05, 4.69) is 15.7 Å². The molecule has 1 N–H and O–H groups in total. The monoisotopic (exact) mass is 198 g/mol. The van der Waals surface area contributed by atoms with Gasteiger partial charge in [0.2, 0.25) is 0 Å². The van der Waals surface area contributed by atoms with Crippen molar-refractivity contribution in [2.24, 2.45) is 0 Å². The van der Waals surface area contributed by atoms with Gasteiger partial charge in [0, 0.05) is 24.9 Å². The number of aryl methyl sites for hydroxylation is 1. The SMILES string of the molecule is Cc1nc(CC2CNCCO2)cs1. The number of morpholine rings is 1. The fraction of sp³-hybridized carbons (Fsp3) is 0.667. The van der Waals surface area contributed by atoms with Crippen LogP contribution < -0.4 is 5.32 Å². The van der Waals surface area contributed by atoms with Gasteiger partial charge in [0.15, 0.2) is 0 Å². The van der Waals surface area contributed by atoms with Crippen LogP contribution in [0, 0.1) is 6.92 Å². The predicted molar refractivity (Wildman–Crippen MR) is 53.2 cm³/mol. The van der Waals surface area contributed by atoms with Gasteiger partial charge in [-0.05, 0) is 6.92 Å². The Morgan fingerprint density at radius 1 is 1.77 bits per heavy atom. The van der Waals surface area contributed by atoms with Gasteiger partial charge in [0.05, 0.1) is 23.4 Å². The minimum atomic E-state index is 0.315. The molecular formula is C9H14N2OS. The summed E-state index contributed by atoms with van der Waals surface area (Å²) in [6, 6.07) is 0. The molecule has 0 aromatic carbocycles. The number of hydrogen-bond donors (Lipinski definition) is 1. The van der Waals surface area contributed by atoms with Crippen molar-refractivity contribution >= 4 is 11.3 Å². The molecule has 2 heterocycles. The highest BCUT2D eigenvalue weighted by Crippen LogP contribution is 2.11. The van der Waals surface area contributed by atoms with Crippen molar-refractivity contribution in [1.82, 2.24) is 10.3 Å². The van der Waals surface area contributed by atoms with Gasteiger partial charge >= 0.3 is 0 Å². The van der Waals surface area contributed by atoms with Crippen LogP contribution in [-0.2, 0) is 11.2 Å². The van der Waals surface area contributed by atoms with E-state index >= 15 is 0 Å². The van der Waals surface area contributed by atoms with Crippen LogP contribution in [0.3, 0.4) is 0 Å². The maximum atomic E-state index is 5.59. The maximum Gasteiger partial charge on any atom is 0.0897 e. The molecule has 3 nitrogen and oxygen atoms in total. The van der Waals surface area contributed by atoms with E-state index < -0.39 is 0 Å². The molecule has 1 aliphatic rings. The fourth-order valence-electron chi connectivity index (χ4n) is 1.49. The molecule has 0 radical (unpaired) electrons. The molecule has 0 saturated carbocycles. The zero-order valence-corrected chi connectivity index (χ0v) is 8.56. The highest BCUT2D eigenvalue weighted by molar-refractivity contribution is 7.09. The molecule has 0 amide bonds. The Labute approximate surface area is 82.1 Å². The summed E-state index contributed by atoms with van der Waals surface area (Å²) in [5.41, 5.74) is 1.16. The molecule has 72 valence electrons. The molecule has 2 rings (SSSR count). The van der Waals surface area contributed by atoms with Crippen molar-refractivity contribution in [1.29, 1.82) is 0 Å². The van der Waals surface area contributed by atoms with Crippen molar-refractivity contribution in [3.05, 3.63) is 16.1 Å². The van der Waals surface area contributed by atoms with E-state index in [0.29, 0.717) is 6.10 Å². The Kier molecular flexibility index (Phi) is 2.93. The second-order valence-electron chi connectivity index (χ2n) is 3.26. The molecule has 1 atom stereocenters. The third-order valence-electron chi connectivity index (χ3n) is 2.11. The molecule has 1 saturated heterocycles. The first-order valence-corrected chi connectivity index (χ1v) is 5.46. The Hall–Kier alpha value is -0.450. The lowest BCUT2D eigenvalue weighted by Crippen LogP contribution is -2.39. The number of rotatable bonds is 2. The third kappa shape index (κ3) is 2.49. The predicted octanol–water partition coefficient (Wildman–Crippen LogP) is 0.982. The minimum Gasteiger partial charge on any atom is -0.375 e.